The fourth-order valence-electron chi connectivity index (χ4n) is 2.22. The van der Waals surface area contributed by atoms with Crippen LogP contribution in [0.2, 0.25) is 0 Å². The van der Waals surface area contributed by atoms with Crippen molar-refractivity contribution in [2.45, 2.75) is 39.8 Å². The van der Waals surface area contributed by atoms with Crippen LogP contribution in [0.25, 0.3) is 0 Å². The van der Waals surface area contributed by atoms with Crippen molar-refractivity contribution in [1.29, 1.82) is 0 Å². The van der Waals surface area contributed by atoms with Crippen LogP contribution in [0, 0.1) is 11.8 Å². The predicted molar refractivity (Wildman–Crippen MR) is 71.3 cm³/mol. The molecule has 1 aliphatic heterocycles. The molecular weight excluding hydrogens is 210 g/mol. The van der Waals surface area contributed by atoms with Crippen molar-refractivity contribution in [2.75, 3.05) is 6.61 Å². The Morgan fingerprint density at radius 2 is 1.94 bits per heavy atom. The van der Waals surface area contributed by atoms with Gasteiger partial charge in [0.2, 0.25) is 0 Å². The lowest BCUT2D eigenvalue weighted by atomic mass is 9.90. The molecule has 0 fully saturated rings. The fourth-order valence-corrected chi connectivity index (χ4v) is 2.22. The first-order chi connectivity index (χ1) is 8.09. The number of fused-ring (bicyclic) bond motifs is 1. The van der Waals surface area contributed by atoms with Gasteiger partial charge >= 0.3 is 0 Å². The van der Waals surface area contributed by atoms with Crippen molar-refractivity contribution in [2.24, 2.45) is 11.8 Å². The van der Waals surface area contributed by atoms with Gasteiger partial charge in [-0.1, -0.05) is 39.0 Å². The number of nitrogens with one attached hydrogen (secondary N) is 1. The molecule has 1 aromatic rings. The molecule has 1 N–H and O–H groups in total. The monoisotopic (exact) mass is 233 g/mol. The zero-order valence-corrected chi connectivity index (χ0v) is 11.2. The maximum Gasteiger partial charge on any atom is 0.124 e. The van der Waals surface area contributed by atoms with Gasteiger partial charge in [0, 0.05) is 23.6 Å². The fraction of sp³-hybridized carbons (Fsp3) is 0.600. The molecule has 2 rings (SSSR count). The van der Waals surface area contributed by atoms with Crippen LogP contribution in [-0.2, 0) is 0 Å². The first-order valence-corrected chi connectivity index (χ1v) is 6.57. The van der Waals surface area contributed by atoms with Crippen molar-refractivity contribution < 1.29 is 4.74 Å². The second-order valence-corrected chi connectivity index (χ2v) is 5.50. The summed E-state index contributed by atoms with van der Waals surface area (Å²) in [6.07, 6.45) is 0. The molecule has 1 aromatic carbocycles. The zero-order valence-electron chi connectivity index (χ0n) is 11.2. The summed E-state index contributed by atoms with van der Waals surface area (Å²) in [5.74, 6) is 2.21. The van der Waals surface area contributed by atoms with E-state index >= 15 is 0 Å². The molecule has 0 saturated heterocycles. The molecule has 0 saturated carbocycles. The van der Waals surface area contributed by atoms with E-state index in [1.165, 1.54) is 5.56 Å². The van der Waals surface area contributed by atoms with Crippen LogP contribution in [-0.4, -0.2) is 12.6 Å². The van der Waals surface area contributed by atoms with Gasteiger partial charge in [-0.15, -0.1) is 0 Å². The van der Waals surface area contributed by atoms with Crippen LogP contribution >= 0.6 is 0 Å². The molecule has 2 nitrogen and oxygen atoms in total. The largest absolute Gasteiger partial charge is 0.493 e. The van der Waals surface area contributed by atoms with Crippen molar-refractivity contribution in [3.63, 3.8) is 0 Å². The minimum Gasteiger partial charge on any atom is -0.493 e. The third-order valence-electron chi connectivity index (χ3n) is 3.77. The summed E-state index contributed by atoms with van der Waals surface area (Å²) in [7, 11) is 0. The molecule has 3 atom stereocenters. The summed E-state index contributed by atoms with van der Waals surface area (Å²) in [5.41, 5.74) is 1.30. The topological polar surface area (TPSA) is 21.3 Å². The SMILES string of the molecule is CC(C)C(C)NC1c2ccccc2OCC1C. The summed E-state index contributed by atoms with van der Waals surface area (Å²) in [5, 5.41) is 3.74. The molecule has 1 aliphatic rings. The van der Waals surface area contributed by atoms with Crippen molar-refractivity contribution >= 4 is 0 Å². The van der Waals surface area contributed by atoms with Gasteiger partial charge in [0.05, 0.1) is 6.61 Å². The number of hydrogen-bond acceptors (Lipinski definition) is 2. The molecule has 3 unspecified atom stereocenters. The van der Waals surface area contributed by atoms with Gasteiger partial charge in [-0.3, -0.25) is 0 Å². The number of para-hydroxylation sites is 1. The van der Waals surface area contributed by atoms with Gasteiger partial charge in [-0.05, 0) is 18.9 Å². The minimum absolute atomic E-state index is 0.414. The van der Waals surface area contributed by atoms with E-state index in [1.54, 1.807) is 0 Å². The van der Waals surface area contributed by atoms with Crippen LogP contribution in [0.5, 0.6) is 5.75 Å². The van der Waals surface area contributed by atoms with Crippen LogP contribution in [0.15, 0.2) is 24.3 Å². The third-order valence-corrected chi connectivity index (χ3v) is 3.77. The number of benzene rings is 1. The van der Waals surface area contributed by atoms with Crippen molar-refractivity contribution in [1.82, 2.24) is 5.32 Å². The summed E-state index contributed by atoms with van der Waals surface area (Å²) >= 11 is 0. The third kappa shape index (κ3) is 2.63. The highest BCUT2D eigenvalue weighted by Gasteiger charge is 2.28. The Kier molecular flexibility index (Phi) is 3.72. The lowest BCUT2D eigenvalue weighted by Gasteiger charge is -2.35. The quantitative estimate of drug-likeness (QED) is 0.864. The van der Waals surface area contributed by atoms with Crippen LogP contribution in [0.1, 0.15) is 39.3 Å². The second kappa shape index (κ2) is 5.09. The first-order valence-electron chi connectivity index (χ1n) is 6.57. The minimum atomic E-state index is 0.414. The molecule has 1 heterocycles. The van der Waals surface area contributed by atoms with Crippen LogP contribution in [0.4, 0.5) is 0 Å². The smallest absolute Gasteiger partial charge is 0.124 e. The highest BCUT2D eigenvalue weighted by atomic mass is 16.5. The summed E-state index contributed by atoms with van der Waals surface area (Å²) in [6, 6.07) is 9.31. The lowest BCUT2D eigenvalue weighted by molar-refractivity contribution is 0.175. The van der Waals surface area contributed by atoms with Crippen LogP contribution < -0.4 is 10.1 Å². The van der Waals surface area contributed by atoms with Gasteiger partial charge in [-0.2, -0.15) is 0 Å². The standard InChI is InChI=1S/C15H23NO/c1-10(2)12(4)16-15-11(3)9-17-14-8-6-5-7-13(14)15/h5-8,10-12,15-16H,9H2,1-4H3. The van der Waals surface area contributed by atoms with E-state index in [4.69, 9.17) is 4.74 Å². The van der Waals surface area contributed by atoms with E-state index in [1.807, 2.05) is 6.07 Å². The molecular formula is C15H23NO. The molecule has 2 heteroatoms. The van der Waals surface area contributed by atoms with Gasteiger partial charge in [0.25, 0.3) is 0 Å². The Morgan fingerprint density at radius 1 is 1.24 bits per heavy atom. The average Bonchev–Trinajstić information content (AvgIpc) is 2.32. The number of ether oxygens (including phenoxy) is 1. The number of hydrogen-bond donors (Lipinski definition) is 1. The predicted octanol–water partition coefficient (Wildman–Crippen LogP) is 3.39. The Labute approximate surface area is 104 Å². The Balaban J connectivity index is 2.21. The summed E-state index contributed by atoms with van der Waals surface area (Å²) < 4.78 is 5.77. The maximum absolute atomic E-state index is 5.77. The van der Waals surface area contributed by atoms with Gasteiger partial charge in [0.1, 0.15) is 5.75 Å². The Bertz CT molecular complexity index is 375. The molecule has 0 aliphatic carbocycles. The van der Waals surface area contributed by atoms with Crippen molar-refractivity contribution in [3.8, 4) is 5.75 Å². The normalized spacial score (nSPS) is 25.2. The molecule has 0 bridgehead atoms. The molecule has 94 valence electrons. The van der Waals surface area contributed by atoms with Gasteiger partial charge in [-0.25, -0.2) is 0 Å². The molecule has 0 spiro atoms. The second-order valence-electron chi connectivity index (χ2n) is 5.50. The van der Waals surface area contributed by atoms with E-state index in [0.29, 0.717) is 23.9 Å². The summed E-state index contributed by atoms with van der Waals surface area (Å²) in [4.78, 5) is 0. The van der Waals surface area contributed by atoms with Gasteiger partial charge in [0.15, 0.2) is 0 Å². The Hall–Kier alpha value is -1.02. The average molecular weight is 233 g/mol. The van der Waals surface area contributed by atoms with E-state index in [2.05, 4.69) is 51.2 Å². The zero-order chi connectivity index (χ0) is 12.4. The lowest BCUT2D eigenvalue weighted by Crippen LogP contribution is -2.40. The molecule has 17 heavy (non-hydrogen) atoms. The summed E-state index contributed by atoms with van der Waals surface area (Å²) in [6.45, 7) is 9.83. The molecule has 0 aromatic heterocycles. The number of rotatable bonds is 3. The van der Waals surface area contributed by atoms with Gasteiger partial charge < -0.3 is 10.1 Å². The first kappa shape index (κ1) is 12.4. The van der Waals surface area contributed by atoms with Crippen molar-refractivity contribution in [3.05, 3.63) is 29.8 Å². The van der Waals surface area contributed by atoms with E-state index < -0.39 is 0 Å². The highest BCUT2D eigenvalue weighted by Crippen LogP contribution is 2.35. The van der Waals surface area contributed by atoms with Crippen LogP contribution in [0.3, 0.4) is 0 Å². The van der Waals surface area contributed by atoms with E-state index in [-0.39, 0.29) is 0 Å². The van der Waals surface area contributed by atoms with E-state index in [9.17, 15) is 0 Å². The molecule has 0 radical (unpaired) electrons. The molecule has 0 amide bonds. The van der Waals surface area contributed by atoms with E-state index in [0.717, 1.165) is 12.4 Å². The Morgan fingerprint density at radius 3 is 2.65 bits per heavy atom. The maximum atomic E-state index is 5.77. The highest BCUT2D eigenvalue weighted by molar-refractivity contribution is 5.38.